The van der Waals surface area contributed by atoms with Crippen molar-refractivity contribution in [3.63, 3.8) is 0 Å². The fourth-order valence-electron chi connectivity index (χ4n) is 1.91. The summed E-state index contributed by atoms with van der Waals surface area (Å²) in [4.78, 5) is 12.8. The lowest BCUT2D eigenvalue weighted by Gasteiger charge is -2.27. The van der Waals surface area contributed by atoms with E-state index in [1.807, 2.05) is 18.7 Å². The largest absolute Gasteiger partial charge is 0.503 e. The molecule has 0 spiro atoms. The minimum Gasteiger partial charge on any atom is -0.503 e. The van der Waals surface area contributed by atoms with Gasteiger partial charge in [0.05, 0.1) is 18.1 Å². The molecule has 0 amide bonds. The molecule has 0 aliphatic heterocycles. The number of carboxylic acids is 1. The van der Waals surface area contributed by atoms with E-state index in [9.17, 15) is 9.90 Å². The van der Waals surface area contributed by atoms with Gasteiger partial charge in [-0.15, -0.1) is 0 Å². The maximum atomic E-state index is 10.9. The lowest BCUT2D eigenvalue weighted by Crippen LogP contribution is -2.36. The Labute approximate surface area is 127 Å². The van der Waals surface area contributed by atoms with Crippen LogP contribution in [0.3, 0.4) is 0 Å². The van der Waals surface area contributed by atoms with Crippen LogP contribution < -0.4 is 4.74 Å². The average Bonchev–Trinajstić information content (AvgIpc) is 2.40. The smallest absolute Gasteiger partial charge is 0.317 e. The van der Waals surface area contributed by atoms with Crippen LogP contribution in [0.4, 0.5) is 0 Å². The molecule has 0 bridgehead atoms. The molecule has 0 aliphatic rings. The van der Waals surface area contributed by atoms with Crippen LogP contribution in [-0.4, -0.2) is 40.8 Å². The van der Waals surface area contributed by atoms with Gasteiger partial charge in [0.2, 0.25) is 0 Å². The highest BCUT2D eigenvalue weighted by atomic mass is 79.9. The predicted molar refractivity (Wildman–Crippen MR) is 80.2 cm³/mol. The molecule has 2 N–H and O–H groups in total. The molecule has 1 aromatic carbocycles. The van der Waals surface area contributed by atoms with E-state index in [2.05, 4.69) is 15.9 Å². The Balaban J connectivity index is 2.98. The Bertz CT molecular complexity index is 478. The Morgan fingerprint density at radius 1 is 1.50 bits per heavy atom. The van der Waals surface area contributed by atoms with Gasteiger partial charge in [-0.3, -0.25) is 9.69 Å². The summed E-state index contributed by atoms with van der Waals surface area (Å²) in [5, 5.41) is 18.8. The third kappa shape index (κ3) is 4.38. The average molecular weight is 346 g/mol. The van der Waals surface area contributed by atoms with Gasteiger partial charge in [-0.05, 0) is 47.0 Å². The summed E-state index contributed by atoms with van der Waals surface area (Å²) >= 11 is 3.27. The zero-order chi connectivity index (χ0) is 15.3. The van der Waals surface area contributed by atoms with Crippen molar-refractivity contribution in [3.05, 3.63) is 22.2 Å². The van der Waals surface area contributed by atoms with Gasteiger partial charge in [-0.1, -0.05) is 6.92 Å². The van der Waals surface area contributed by atoms with Crippen LogP contribution >= 0.6 is 15.9 Å². The summed E-state index contributed by atoms with van der Waals surface area (Å²) < 4.78 is 5.63. The van der Waals surface area contributed by atoms with Gasteiger partial charge in [0.1, 0.15) is 0 Å². The molecule has 0 heterocycles. The molecular weight excluding hydrogens is 326 g/mol. The zero-order valence-corrected chi connectivity index (χ0v) is 13.5. The fourth-order valence-corrected chi connectivity index (χ4v) is 2.40. The van der Waals surface area contributed by atoms with Crippen LogP contribution in [0.1, 0.15) is 25.8 Å². The number of halogens is 1. The van der Waals surface area contributed by atoms with E-state index in [4.69, 9.17) is 9.84 Å². The van der Waals surface area contributed by atoms with Crippen molar-refractivity contribution < 1.29 is 19.7 Å². The van der Waals surface area contributed by atoms with Crippen molar-refractivity contribution in [1.29, 1.82) is 0 Å². The van der Waals surface area contributed by atoms with Gasteiger partial charge in [0.15, 0.2) is 11.5 Å². The Kier molecular flexibility index (Phi) is 6.29. The summed E-state index contributed by atoms with van der Waals surface area (Å²) in [5.41, 5.74) is 0.882. The number of aromatic hydroxyl groups is 1. The van der Waals surface area contributed by atoms with Crippen molar-refractivity contribution in [3.8, 4) is 11.5 Å². The monoisotopic (exact) mass is 345 g/mol. The summed E-state index contributed by atoms with van der Waals surface area (Å²) in [6.07, 6.45) is 0.865. The first-order chi connectivity index (χ1) is 9.38. The summed E-state index contributed by atoms with van der Waals surface area (Å²) in [7, 11) is 1.48. The highest BCUT2D eigenvalue weighted by molar-refractivity contribution is 9.10. The molecule has 20 heavy (non-hydrogen) atoms. The molecule has 112 valence electrons. The number of aliphatic carboxylic acids is 1. The number of carbonyl (C=O) groups is 1. The topological polar surface area (TPSA) is 70.0 Å². The molecule has 1 unspecified atom stereocenters. The second-order valence-electron chi connectivity index (χ2n) is 4.68. The van der Waals surface area contributed by atoms with Crippen LogP contribution in [0.15, 0.2) is 16.6 Å². The van der Waals surface area contributed by atoms with E-state index in [0.29, 0.717) is 16.8 Å². The molecular formula is C14H20BrNO4. The second kappa shape index (κ2) is 7.50. The molecule has 0 saturated carbocycles. The number of benzene rings is 1. The van der Waals surface area contributed by atoms with Crippen LogP contribution in [-0.2, 0) is 11.3 Å². The molecule has 6 heteroatoms. The standard InChI is InChI=1S/C14H20BrNO4/c1-4-9(2)16(8-13(17)18)7-10-5-11(15)14(19)12(6-10)20-3/h5-6,9,19H,4,7-8H2,1-3H3,(H,17,18). The molecule has 0 fully saturated rings. The molecule has 0 saturated heterocycles. The maximum absolute atomic E-state index is 10.9. The number of carboxylic acid groups (broad SMARTS) is 1. The summed E-state index contributed by atoms with van der Waals surface area (Å²) in [6, 6.07) is 3.65. The highest BCUT2D eigenvalue weighted by Gasteiger charge is 2.17. The van der Waals surface area contributed by atoms with E-state index in [1.54, 1.807) is 12.1 Å². The van der Waals surface area contributed by atoms with Gasteiger partial charge in [0, 0.05) is 12.6 Å². The lowest BCUT2D eigenvalue weighted by molar-refractivity contribution is -0.139. The molecule has 0 radical (unpaired) electrons. The van der Waals surface area contributed by atoms with Crippen molar-refractivity contribution >= 4 is 21.9 Å². The molecule has 1 aromatic rings. The number of ether oxygens (including phenoxy) is 1. The first-order valence-corrected chi connectivity index (χ1v) is 7.19. The fraction of sp³-hybridized carbons (Fsp3) is 0.500. The summed E-state index contributed by atoms with van der Waals surface area (Å²) in [6.45, 7) is 4.48. The van der Waals surface area contributed by atoms with Crippen molar-refractivity contribution in [2.75, 3.05) is 13.7 Å². The van der Waals surface area contributed by atoms with Gasteiger partial charge in [-0.2, -0.15) is 0 Å². The molecule has 0 aliphatic carbocycles. The zero-order valence-electron chi connectivity index (χ0n) is 11.9. The van der Waals surface area contributed by atoms with Gasteiger partial charge in [0.25, 0.3) is 0 Å². The summed E-state index contributed by atoms with van der Waals surface area (Å²) in [5.74, 6) is -0.437. The number of nitrogens with zero attached hydrogens (tertiary/aromatic N) is 1. The number of phenols is 1. The third-order valence-corrected chi connectivity index (χ3v) is 3.85. The quantitative estimate of drug-likeness (QED) is 0.795. The van der Waals surface area contributed by atoms with Crippen LogP contribution in [0, 0.1) is 0 Å². The molecule has 5 nitrogen and oxygen atoms in total. The predicted octanol–water partition coefficient (Wildman–Crippen LogP) is 2.85. The number of rotatable bonds is 7. The van der Waals surface area contributed by atoms with Gasteiger partial charge in [-0.25, -0.2) is 0 Å². The second-order valence-corrected chi connectivity index (χ2v) is 5.54. The van der Waals surface area contributed by atoms with E-state index in [-0.39, 0.29) is 18.3 Å². The van der Waals surface area contributed by atoms with Crippen LogP contribution in [0.5, 0.6) is 11.5 Å². The number of methoxy groups -OCH3 is 1. The van der Waals surface area contributed by atoms with E-state index < -0.39 is 5.97 Å². The number of phenolic OH excluding ortho intramolecular Hbond substituents is 1. The maximum Gasteiger partial charge on any atom is 0.317 e. The van der Waals surface area contributed by atoms with Gasteiger partial charge >= 0.3 is 5.97 Å². The van der Waals surface area contributed by atoms with Crippen LogP contribution in [0.25, 0.3) is 0 Å². The molecule has 1 atom stereocenters. The first kappa shape index (κ1) is 16.8. The van der Waals surface area contributed by atoms with Crippen molar-refractivity contribution in [1.82, 2.24) is 4.90 Å². The minimum atomic E-state index is -0.852. The SMILES string of the molecule is CCC(C)N(CC(=O)O)Cc1cc(Br)c(O)c(OC)c1. The van der Waals surface area contributed by atoms with Crippen molar-refractivity contribution in [2.24, 2.45) is 0 Å². The van der Waals surface area contributed by atoms with E-state index in [0.717, 1.165) is 12.0 Å². The van der Waals surface area contributed by atoms with Crippen LogP contribution in [0.2, 0.25) is 0 Å². The van der Waals surface area contributed by atoms with Gasteiger partial charge < -0.3 is 14.9 Å². The Morgan fingerprint density at radius 2 is 2.15 bits per heavy atom. The molecule has 0 aromatic heterocycles. The minimum absolute atomic E-state index is 0.0180. The Morgan fingerprint density at radius 3 is 2.65 bits per heavy atom. The third-order valence-electron chi connectivity index (χ3n) is 3.25. The first-order valence-electron chi connectivity index (χ1n) is 6.40. The van der Waals surface area contributed by atoms with E-state index in [1.165, 1.54) is 7.11 Å². The van der Waals surface area contributed by atoms with Crippen molar-refractivity contribution in [2.45, 2.75) is 32.9 Å². The number of hydrogen-bond acceptors (Lipinski definition) is 4. The number of hydrogen-bond donors (Lipinski definition) is 2. The normalized spacial score (nSPS) is 12.4. The Hall–Kier alpha value is -1.27. The lowest BCUT2D eigenvalue weighted by atomic mass is 10.1. The molecule has 1 rings (SSSR count). The van der Waals surface area contributed by atoms with E-state index >= 15 is 0 Å². The highest BCUT2D eigenvalue weighted by Crippen LogP contribution is 2.35.